The van der Waals surface area contributed by atoms with Crippen LogP contribution in [0.15, 0.2) is 24.5 Å². The second-order valence-corrected chi connectivity index (χ2v) is 9.23. The summed E-state index contributed by atoms with van der Waals surface area (Å²) in [5.74, 6) is 0.827. The number of piperidine rings is 1. The average molecular weight is 440 g/mol. The van der Waals surface area contributed by atoms with E-state index in [4.69, 9.17) is 4.74 Å². The SMILES string of the molecule is O=C(NCCn1cnc2cc(C(=O)N3CCC[C@@H]4CCCC[C@H]43)ccc21)N1CCOCC1. The first-order chi connectivity index (χ1) is 15.7. The van der Waals surface area contributed by atoms with Crippen LogP contribution in [0, 0.1) is 5.92 Å². The van der Waals surface area contributed by atoms with Gasteiger partial charge in [0.1, 0.15) is 0 Å². The molecule has 2 saturated heterocycles. The lowest BCUT2D eigenvalue weighted by Gasteiger charge is -2.44. The zero-order valence-electron chi connectivity index (χ0n) is 18.7. The Hall–Kier alpha value is -2.61. The lowest BCUT2D eigenvalue weighted by atomic mass is 9.78. The van der Waals surface area contributed by atoms with Crippen LogP contribution in [0.25, 0.3) is 11.0 Å². The number of likely N-dealkylation sites (tertiary alicyclic amines) is 1. The molecule has 172 valence electrons. The van der Waals surface area contributed by atoms with Gasteiger partial charge in [-0.2, -0.15) is 0 Å². The van der Waals surface area contributed by atoms with Crippen LogP contribution in [0.5, 0.6) is 0 Å². The molecule has 3 amide bonds. The highest BCUT2D eigenvalue weighted by molar-refractivity contribution is 5.97. The van der Waals surface area contributed by atoms with Gasteiger partial charge < -0.3 is 24.4 Å². The second kappa shape index (κ2) is 9.48. The molecular formula is C24H33N5O3. The van der Waals surface area contributed by atoms with Crippen LogP contribution in [0.3, 0.4) is 0 Å². The third kappa shape index (κ3) is 4.33. The first-order valence-electron chi connectivity index (χ1n) is 12.1. The number of urea groups is 1. The number of benzene rings is 1. The summed E-state index contributed by atoms with van der Waals surface area (Å²) in [6, 6.07) is 6.21. The highest BCUT2D eigenvalue weighted by atomic mass is 16.5. The zero-order chi connectivity index (χ0) is 21.9. The lowest BCUT2D eigenvalue weighted by molar-refractivity contribution is 0.0391. The van der Waals surface area contributed by atoms with Gasteiger partial charge in [-0.05, 0) is 49.8 Å². The summed E-state index contributed by atoms with van der Waals surface area (Å²) in [7, 11) is 0. The number of nitrogens with one attached hydrogen (secondary N) is 1. The van der Waals surface area contributed by atoms with Gasteiger partial charge in [0, 0.05) is 44.3 Å². The normalized spacial score (nSPS) is 23.8. The minimum atomic E-state index is -0.0480. The quantitative estimate of drug-likeness (QED) is 0.795. The van der Waals surface area contributed by atoms with E-state index in [0.717, 1.165) is 36.0 Å². The van der Waals surface area contributed by atoms with Gasteiger partial charge in [-0.3, -0.25) is 4.79 Å². The van der Waals surface area contributed by atoms with E-state index in [9.17, 15) is 9.59 Å². The van der Waals surface area contributed by atoms with Crippen molar-refractivity contribution in [2.24, 2.45) is 5.92 Å². The molecule has 0 radical (unpaired) electrons. The van der Waals surface area contributed by atoms with Crippen LogP contribution in [0.2, 0.25) is 0 Å². The van der Waals surface area contributed by atoms with E-state index < -0.39 is 0 Å². The third-order valence-electron chi connectivity index (χ3n) is 7.30. The Morgan fingerprint density at radius 2 is 1.88 bits per heavy atom. The van der Waals surface area contributed by atoms with Crippen LogP contribution >= 0.6 is 0 Å². The number of rotatable bonds is 4. The van der Waals surface area contributed by atoms with Crippen LogP contribution in [0.1, 0.15) is 48.9 Å². The Morgan fingerprint density at radius 3 is 2.75 bits per heavy atom. The molecule has 3 heterocycles. The highest BCUT2D eigenvalue weighted by Gasteiger charge is 2.36. The molecule has 1 aromatic carbocycles. The molecule has 8 nitrogen and oxygen atoms in total. The first-order valence-corrected chi connectivity index (χ1v) is 12.1. The van der Waals surface area contributed by atoms with E-state index in [1.807, 2.05) is 22.8 Å². The number of ether oxygens (including phenoxy) is 1. The maximum absolute atomic E-state index is 13.3. The molecule has 0 bridgehead atoms. The van der Waals surface area contributed by atoms with Gasteiger partial charge in [-0.25, -0.2) is 9.78 Å². The Bertz CT molecular complexity index is 966. The minimum absolute atomic E-state index is 0.0480. The van der Waals surface area contributed by atoms with Gasteiger partial charge in [0.05, 0.1) is 30.6 Å². The fraction of sp³-hybridized carbons (Fsp3) is 0.625. The minimum Gasteiger partial charge on any atom is -0.378 e. The summed E-state index contributed by atoms with van der Waals surface area (Å²) in [5.41, 5.74) is 2.54. The average Bonchev–Trinajstić information content (AvgIpc) is 3.26. The van der Waals surface area contributed by atoms with Crippen molar-refractivity contribution in [1.82, 2.24) is 24.7 Å². The molecule has 32 heavy (non-hydrogen) atoms. The Kier molecular flexibility index (Phi) is 6.30. The molecule has 2 atom stereocenters. The smallest absolute Gasteiger partial charge is 0.317 e. The number of fused-ring (bicyclic) bond motifs is 2. The molecule has 0 unspecified atom stereocenters. The van der Waals surface area contributed by atoms with Crippen molar-refractivity contribution in [2.45, 2.75) is 51.1 Å². The van der Waals surface area contributed by atoms with Gasteiger partial charge in [-0.15, -0.1) is 0 Å². The standard InChI is InChI=1S/C24H33N5O3/c30-23(29-10-3-5-18-4-1-2-6-21(18)29)19-7-8-22-20(16-19)26-17-28(22)11-9-25-24(31)27-12-14-32-15-13-27/h7-8,16-18,21H,1-6,9-15H2,(H,25,31)/t18-,21+/m0/s1. The topological polar surface area (TPSA) is 79.7 Å². The predicted octanol–water partition coefficient (Wildman–Crippen LogP) is 2.87. The number of hydrogen-bond acceptors (Lipinski definition) is 4. The fourth-order valence-corrected chi connectivity index (χ4v) is 5.58. The summed E-state index contributed by atoms with van der Waals surface area (Å²) in [6.45, 7) is 4.49. The first kappa shape index (κ1) is 21.2. The number of aromatic nitrogens is 2. The van der Waals surface area contributed by atoms with Crippen LogP contribution in [-0.4, -0.2) is 76.7 Å². The molecule has 5 rings (SSSR count). The molecule has 8 heteroatoms. The molecule has 0 spiro atoms. The van der Waals surface area contributed by atoms with E-state index in [1.54, 1.807) is 11.2 Å². The van der Waals surface area contributed by atoms with Gasteiger partial charge in [-0.1, -0.05) is 12.8 Å². The molecule has 1 aliphatic carbocycles. The van der Waals surface area contributed by atoms with Gasteiger partial charge in [0.15, 0.2) is 0 Å². The maximum atomic E-state index is 13.3. The van der Waals surface area contributed by atoms with Crippen LogP contribution < -0.4 is 5.32 Å². The lowest BCUT2D eigenvalue weighted by Crippen LogP contribution is -2.49. The highest BCUT2D eigenvalue weighted by Crippen LogP contribution is 2.36. The van der Waals surface area contributed by atoms with Crippen molar-refractivity contribution in [3.63, 3.8) is 0 Å². The second-order valence-electron chi connectivity index (χ2n) is 9.23. The van der Waals surface area contributed by atoms with E-state index in [1.165, 1.54) is 25.7 Å². The number of carbonyl (C=O) groups excluding carboxylic acids is 2. The number of morpholine rings is 1. The monoisotopic (exact) mass is 439 g/mol. The van der Waals surface area contributed by atoms with Crippen molar-refractivity contribution in [3.8, 4) is 0 Å². The number of imidazole rings is 1. The van der Waals surface area contributed by atoms with Gasteiger partial charge in [0.2, 0.25) is 0 Å². The fourth-order valence-electron chi connectivity index (χ4n) is 5.58. The molecule has 2 aliphatic heterocycles. The molecule has 3 aliphatic rings. The van der Waals surface area contributed by atoms with Gasteiger partial charge in [0.25, 0.3) is 5.91 Å². The van der Waals surface area contributed by atoms with Crippen molar-refractivity contribution in [2.75, 3.05) is 39.4 Å². The third-order valence-corrected chi connectivity index (χ3v) is 7.30. The summed E-state index contributed by atoms with van der Waals surface area (Å²) in [4.78, 5) is 34.0. The summed E-state index contributed by atoms with van der Waals surface area (Å²) in [5, 5.41) is 2.98. The predicted molar refractivity (Wildman–Crippen MR) is 122 cm³/mol. The van der Waals surface area contributed by atoms with Gasteiger partial charge >= 0.3 is 6.03 Å². The van der Waals surface area contributed by atoms with E-state index >= 15 is 0 Å². The molecule has 1 aromatic heterocycles. The molecular weight excluding hydrogens is 406 g/mol. The van der Waals surface area contributed by atoms with Crippen molar-refractivity contribution >= 4 is 23.0 Å². The van der Waals surface area contributed by atoms with Crippen LogP contribution in [-0.2, 0) is 11.3 Å². The van der Waals surface area contributed by atoms with E-state index in [2.05, 4.69) is 15.2 Å². The summed E-state index contributed by atoms with van der Waals surface area (Å²) in [6.07, 6.45) is 9.11. The summed E-state index contributed by atoms with van der Waals surface area (Å²) >= 11 is 0. The Balaban J connectivity index is 1.22. The molecule has 1 N–H and O–H groups in total. The number of hydrogen-bond donors (Lipinski definition) is 1. The Labute approximate surface area is 188 Å². The summed E-state index contributed by atoms with van der Waals surface area (Å²) < 4.78 is 7.32. The Morgan fingerprint density at radius 1 is 1.06 bits per heavy atom. The zero-order valence-corrected chi connectivity index (χ0v) is 18.7. The number of carbonyl (C=O) groups is 2. The van der Waals surface area contributed by atoms with Crippen molar-refractivity contribution in [1.29, 1.82) is 0 Å². The maximum Gasteiger partial charge on any atom is 0.317 e. The van der Waals surface area contributed by atoms with Crippen molar-refractivity contribution < 1.29 is 14.3 Å². The number of nitrogens with zero attached hydrogens (tertiary/aromatic N) is 4. The molecule has 2 aromatic rings. The number of amides is 3. The van der Waals surface area contributed by atoms with Crippen LogP contribution in [0.4, 0.5) is 4.79 Å². The van der Waals surface area contributed by atoms with E-state index in [0.29, 0.717) is 51.4 Å². The largest absolute Gasteiger partial charge is 0.378 e. The molecule has 1 saturated carbocycles. The van der Waals surface area contributed by atoms with Crippen molar-refractivity contribution in [3.05, 3.63) is 30.1 Å². The molecule has 3 fully saturated rings. The van der Waals surface area contributed by atoms with E-state index in [-0.39, 0.29) is 11.9 Å².